The van der Waals surface area contributed by atoms with Gasteiger partial charge >= 0.3 is 0 Å². The molecule has 0 rings (SSSR count). The van der Waals surface area contributed by atoms with E-state index in [1.54, 1.807) is 0 Å². The quantitative estimate of drug-likeness (QED) is 0.613. The smallest absolute Gasteiger partial charge is 0 e. The fourth-order valence-corrected chi connectivity index (χ4v) is 0. The summed E-state index contributed by atoms with van der Waals surface area (Å²) in [5.74, 6) is 0. The first kappa shape index (κ1) is 24.4. The van der Waals surface area contributed by atoms with Gasteiger partial charge in [-0.15, -0.1) is 0 Å². The first-order chi connectivity index (χ1) is 2.83. The van der Waals surface area contributed by atoms with Crippen molar-refractivity contribution in [2.45, 2.75) is 13.8 Å². The molecule has 0 bridgehead atoms. The van der Waals surface area contributed by atoms with Gasteiger partial charge in [-0.2, -0.15) is 13.8 Å². The molecule has 0 saturated heterocycles. The Morgan fingerprint density at radius 3 is 1.00 bits per heavy atom. The summed E-state index contributed by atoms with van der Waals surface area (Å²) in [6, 6.07) is 0. The minimum Gasteiger partial charge on any atom is -0.542 e. The van der Waals surface area contributed by atoms with E-state index in [0.717, 1.165) is 0 Å². The van der Waals surface area contributed by atoms with Gasteiger partial charge in [-0.1, -0.05) is 0 Å². The Bertz CT molecular complexity index is 31.4. The van der Waals surface area contributed by atoms with Gasteiger partial charge in [-0.3, -0.25) is 12.6 Å². The largest absolute Gasteiger partial charge is 0.542 e. The summed E-state index contributed by atoms with van der Waals surface area (Å²) in [5.41, 5.74) is 0. The van der Waals surface area contributed by atoms with Crippen LogP contribution in [-0.4, -0.2) is 12.6 Å². The molecule has 0 aromatic heterocycles. The summed E-state index contributed by atoms with van der Waals surface area (Å²) in [5, 5.41) is 0. The molecule has 0 amide bonds. The van der Waals surface area contributed by atoms with Crippen LogP contribution in [0.2, 0.25) is 0 Å². The van der Waals surface area contributed by atoms with Crippen molar-refractivity contribution in [1.29, 1.82) is 0 Å². The molecule has 0 atom stereocenters. The van der Waals surface area contributed by atoms with E-state index in [4.69, 9.17) is 9.59 Å². The molecule has 0 aliphatic heterocycles. The maximum atomic E-state index is 8.68. The van der Waals surface area contributed by atoms with Crippen molar-refractivity contribution in [1.82, 2.24) is 0 Å². The van der Waals surface area contributed by atoms with Gasteiger partial charge in [-0.25, -0.2) is 0 Å². The normalized spacial score (nSPS) is 3.25. The molecule has 0 aromatic rings. The number of hydrogen-bond donors (Lipinski definition) is 0. The summed E-state index contributed by atoms with van der Waals surface area (Å²) in [6.45, 7) is 2.64. The van der Waals surface area contributed by atoms with E-state index in [-0.39, 0.29) is 28.5 Å². The monoisotopic (exact) mass is 285 g/mol. The topological polar surface area (TPSA) is 34.1 Å². The Labute approximate surface area is 64.9 Å². The van der Waals surface area contributed by atoms with E-state index in [1.165, 1.54) is 26.4 Å². The minimum absolute atomic E-state index is 0. The van der Waals surface area contributed by atoms with Crippen molar-refractivity contribution in [3.05, 3.63) is 7.43 Å². The van der Waals surface area contributed by atoms with Crippen LogP contribution in [0.3, 0.4) is 0 Å². The van der Waals surface area contributed by atoms with Gasteiger partial charge in [0.15, 0.2) is 0 Å². The molecule has 0 saturated carbocycles. The van der Waals surface area contributed by atoms with Crippen molar-refractivity contribution >= 4 is 12.6 Å². The third-order valence-electron chi connectivity index (χ3n) is 0. The van der Waals surface area contributed by atoms with Crippen LogP contribution in [-0.2, 0) is 30.7 Å². The van der Waals surface area contributed by atoms with E-state index in [2.05, 4.69) is 0 Å². The maximum absolute atomic E-state index is 8.68. The van der Waals surface area contributed by atoms with E-state index in [9.17, 15) is 0 Å². The summed E-state index contributed by atoms with van der Waals surface area (Å²) in [7, 11) is 0. The molecular weight excluding hydrogens is 276 g/mol. The van der Waals surface area contributed by atoms with Gasteiger partial charge in [0.2, 0.25) is 0 Å². The molecule has 0 fully saturated rings. The fourth-order valence-electron chi connectivity index (χ4n) is 0. The zero-order chi connectivity index (χ0) is 5.41. The van der Waals surface area contributed by atoms with Crippen LogP contribution in [0.15, 0.2) is 0 Å². The molecule has 3 heteroatoms. The molecule has 50 valence electrons. The molecule has 0 N–H and O–H groups in total. The van der Waals surface area contributed by atoms with Gasteiger partial charge in [0.1, 0.15) is 0 Å². The summed E-state index contributed by atoms with van der Waals surface area (Å²) in [4.78, 5) is 17.4. The van der Waals surface area contributed by atoms with Crippen molar-refractivity contribution in [2.24, 2.45) is 0 Å². The Morgan fingerprint density at radius 2 is 1.00 bits per heavy atom. The van der Waals surface area contributed by atoms with Crippen LogP contribution in [0.1, 0.15) is 13.8 Å². The van der Waals surface area contributed by atoms with Crippen LogP contribution < -0.4 is 0 Å². The van der Waals surface area contributed by atoms with Gasteiger partial charge < -0.3 is 17.0 Å². The van der Waals surface area contributed by atoms with Crippen LogP contribution >= 0.6 is 0 Å². The third-order valence-corrected chi connectivity index (χ3v) is 0. The second kappa shape index (κ2) is 62.1. The van der Waals surface area contributed by atoms with Gasteiger partial charge in [0.05, 0.1) is 0 Å². The van der Waals surface area contributed by atoms with Gasteiger partial charge in [-0.05, 0) is 0 Å². The molecule has 0 unspecified atom stereocenters. The molecule has 2 nitrogen and oxygen atoms in total. The zero-order valence-corrected chi connectivity index (χ0v) is 8.16. The second-order valence-corrected chi connectivity index (χ2v) is 0.408. The molecule has 0 heterocycles. The Kier molecular flexibility index (Phi) is 190. The number of hydrogen-bond acceptors (Lipinski definition) is 2. The van der Waals surface area contributed by atoms with E-state index < -0.39 is 0 Å². The van der Waals surface area contributed by atoms with Crippen LogP contribution in [0.4, 0.5) is 0 Å². The molecular formula is C5H9O2W-3. The molecule has 0 aromatic carbocycles. The Morgan fingerprint density at radius 1 is 1.00 bits per heavy atom. The van der Waals surface area contributed by atoms with Crippen LogP contribution in [0, 0.1) is 7.43 Å². The standard InChI is InChI=1S/2C2H3O.CH3.W/c2*1-2-3;;/h2*1H3;1H3;/q3*-1;. The van der Waals surface area contributed by atoms with E-state index >= 15 is 0 Å². The molecule has 0 radical (unpaired) electrons. The molecule has 0 aliphatic carbocycles. The van der Waals surface area contributed by atoms with Gasteiger partial charge in [0, 0.05) is 21.1 Å². The fraction of sp³-hybridized carbons (Fsp3) is 0.400. The van der Waals surface area contributed by atoms with Crippen LogP contribution in [0.5, 0.6) is 0 Å². The zero-order valence-electron chi connectivity index (χ0n) is 5.22. The van der Waals surface area contributed by atoms with Crippen molar-refractivity contribution < 1.29 is 30.7 Å². The van der Waals surface area contributed by atoms with E-state index in [0.29, 0.717) is 0 Å². The number of carbonyl (C=O) groups excluding carboxylic acids is 2. The first-order valence-corrected chi connectivity index (χ1v) is 1.41. The molecule has 8 heavy (non-hydrogen) atoms. The molecule has 0 aliphatic rings. The first-order valence-electron chi connectivity index (χ1n) is 1.41. The van der Waals surface area contributed by atoms with Crippen molar-refractivity contribution in [3.63, 3.8) is 0 Å². The third kappa shape index (κ3) is 190000. The van der Waals surface area contributed by atoms with Crippen LogP contribution in [0.25, 0.3) is 0 Å². The predicted octanol–water partition coefficient (Wildman–Crippen LogP) is 0.680. The molecule has 0 spiro atoms. The average molecular weight is 285 g/mol. The van der Waals surface area contributed by atoms with Gasteiger partial charge in [0.25, 0.3) is 0 Å². The van der Waals surface area contributed by atoms with Crippen molar-refractivity contribution in [3.8, 4) is 0 Å². The number of rotatable bonds is 0. The Balaban J connectivity index is -0.0000000160. The average Bonchev–Trinajstić information content (AvgIpc) is 1.39. The van der Waals surface area contributed by atoms with Crippen molar-refractivity contribution in [2.75, 3.05) is 0 Å². The predicted molar refractivity (Wildman–Crippen MR) is 29.1 cm³/mol. The Hall–Kier alpha value is 0.0283. The summed E-state index contributed by atoms with van der Waals surface area (Å²) >= 11 is 0. The summed E-state index contributed by atoms with van der Waals surface area (Å²) < 4.78 is 0. The second-order valence-electron chi connectivity index (χ2n) is 0.408. The van der Waals surface area contributed by atoms with E-state index in [1.807, 2.05) is 0 Å². The summed E-state index contributed by atoms with van der Waals surface area (Å²) in [6.07, 6.45) is 3.00. The maximum Gasteiger partial charge on any atom is 0 e. The minimum atomic E-state index is 0. The SMILES string of the molecule is C[C-]=O.C[C-]=O.[CH3-].[W].